The molecule has 0 bridgehead atoms. The largest absolute Gasteiger partial charge is 0.455 e. The number of hydrogen-bond donors (Lipinski definition) is 0. The van der Waals surface area contributed by atoms with Crippen LogP contribution in [0.3, 0.4) is 0 Å². The van der Waals surface area contributed by atoms with Crippen molar-refractivity contribution in [1.29, 1.82) is 5.26 Å². The Morgan fingerprint density at radius 2 is 0.865 bits per heavy atom. The molecule has 0 aliphatic heterocycles. The number of fused-ring (bicyclic) bond motifs is 6. The number of para-hydroxylation sites is 4. The summed E-state index contributed by atoms with van der Waals surface area (Å²) < 4.78 is 13.1. The summed E-state index contributed by atoms with van der Waals surface area (Å²) in [4.78, 5) is 0. The third kappa shape index (κ3) is 4.81. The standard InChI is InChI=1S/C49H29NO2/c50-30-33-14-4-5-15-37(33)35-26-34(31-12-2-1-3-13-31)27-36(28-35)45-29-32(38-18-10-20-43-40-16-6-8-22-46(40)51-48(38)43)24-25-39(45)42-19-11-21-44-41-17-7-9-23-47(41)52-49(42)44/h1-29H. The zero-order valence-electron chi connectivity index (χ0n) is 28.0. The SMILES string of the molecule is N#Cc1ccccc1-c1cc(-c2ccccc2)cc(-c2cc(-c3cccc4c3oc3ccccc34)ccc2-c2cccc3c2oc2ccccc23)c1. The monoisotopic (exact) mass is 663 g/mol. The van der Waals surface area contributed by atoms with Crippen LogP contribution in [0.15, 0.2) is 185 Å². The van der Waals surface area contributed by atoms with E-state index in [0.717, 1.165) is 99.5 Å². The van der Waals surface area contributed by atoms with Crippen LogP contribution in [-0.4, -0.2) is 0 Å². The lowest BCUT2D eigenvalue weighted by Gasteiger charge is -2.17. The Bertz CT molecular complexity index is 3030. The lowest BCUT2D eigenvalue weighted by molar-refractivity contribution is 0.669. The Morgan fingerprint density at radius 1 is 0.327 bits per heavy atom. The molecule has 2 heterocycles. The molecule has 0 spiro atoms. The predicted octanol–water partition coefficient (Wildman–Crippen LogP) is 13.7. The van der Waals surface area contributed by atoms with Crippen molar-refractivity contribution in [2.24, 2.45) is 0 Å². The number of benzene rings is 8. The van der Waals surface area contributed by atoms with Crippen molar-refractivity contribution < 1.29 is 8.83 Å². The van der Waals surface area contributed by atoms with E-state index in [2.05, 4.69) is 127 Å². The van der Waals surface area contributed by atoms with Crippen LogP contribution in [0, 0.1) is 11.3 Å². The number of nitrogens with zero attached hydrogens (tertiary/aromatic N) is 1. The van der Waals surface area contributed by atoms with Gasteiger partial charge in [-0.3, -0.25) is 0 Å². The zero-order valence-corrected chi connectivity index (χ0v) is 28.0. The Morgan fingerprint density at radius 3 is 1.58 bits per heavy atom. The molecule has 52 heavy (non-hydrogen) atoms. The van der Waals surface area contributed by atoms with E-state index in [1.165, 1.54) is 0 Å². The molecule has 0 aliphatic rings. The Hall–Kier alpha value is -7.15. The normalized spacial score (nSPS) is 11.4. The van der Waals surface area contributed by atoms with Crippen molar-refractivity contribution in [2.45, 2.75) is 0 Å². The fraction of sp³-hybridized carbons (Fsp3) is 0. The van der Waals surface area contributed by atoms with Crippen LogP contribution >= 0.6 is 0 Å². The summed E-state index contributed by atoms with van der Waals surface area (Å²) in [7, 11) is 0. The Kier molecular flexibility index (Phi) is 6.87. The van der Waals surface area contributed by atoms with E-state index in [0.29, 0.717) is 5.56 Å². The summed E-state index contributed by atoms with van der Waals surface area (Å²) in [5.74, 6) is 0. The molecular weight excluding hydrogens is 635 g/mol. The molecule has 3 nitrogen and oxygen atoms in total. The minimum atomic E-state index is 0.635. The quantitative estimate of drug-likeness (QED) is 0.184. The molecule has 2 aromatic heterocycles. The number of hydrogen-bond acceptors (Lipinski definition) is 3. The number of rotatable bonds is 5. The van der Waals surface area contributed by atoms with Gasteiger partial charge in [0, 0.05) is 32.7 Å². The minimum Gasteiger partial charge on any atom is -0.455 e. The van der Waals surface area contributed by atoms with Crippen LogP contribution in [0.25, 0.3) is 99.5 Å². The molecule has 0 radical (unpaired) electrons. The van der Waals surface area contributed by atoms with Gasteiger partial charge >= 0.3 is 0 Å². The zero-order chi connectivity index (χ0) is 34.6. The van der Waals surface area contributed by atoms with E-state index in [4.69, 9.17) is 8.83 Å². The lowest BCUT2D eigenvalue weighted by Crippen LogP contribution is -1.92. The van der Waals surface area contributed by atoms with E-state index in [-0.39, 0.29) is 0 Å². The van der Waals surface area contributed by atoms with E-state index in [9.17, 15) is 5.26 Å². The van der Waals surface area contributed by atoms with Gasteiger partial charge in [-0.15, -0.1) is 0 Å². The molecule has 0 fully saturated rings. The highest BCUT2D eigenvalue weighted by atomic mass is 16.3. The molecule has 0 aliphatic carbocycles. The van der Waals surface area contributed by atoms with E-state index in [1.54, 1.807) is 0 Å². The summed E-state index contributed by atoms with van der Waals surface area (Å²) >= 11 is 0. The van der Waals surface area contributed by atoms with Crippen LogP contribution in [-0.2, 0) is 0 Å². The second-order valence-corrected chi connectivity index (χ2v) is 13.1. The van der Waals surface area contributed by atoms with Gasteiger partial charge in [-0.1, -0.05) is 133 Å². The molecule has 0 saturated carbocycles. The van der Waals surface area contributed by atoms with Crippen molar-refractivity contribution in [3.05, 3.63) is 181 Å². The highest BCUT2D eigenvalue weighted by molar-refractivity contribution is 6.12. The van der Waals surface area contributed by atoms with E-state index < -0.39 is 0 Å². The van der Waals surface area contributed by atoms with Gasteiger partial charge in [0.1, 0.15) is 22.3 Å². The average molecular weight is 664 g/mol. The summed E-state index contributed by atoms with van der Waals surface area (Å²) in [5, 5.41) is 14.5. The van der Waals surface area contributed by atoms with Crippen LogP contribution < -0.4 is 0 Å². The van der Waals surface area contributed by atoms with Crippen LogP contribution in [0.2, 0.25) is 0 Å². The molecule has 10 aromatic rings. The highest BCUT2D eigenvalue weighted by Crippen LogP contribution is 2.45. The Balaban J connectivity index is 1.28. The average Bonchev–Trinajstić information content (AvgIpc) is 3.80. The maximum Gasteiger partial charge on any atom is 0.143 e. The van der Waals surface area contributed by atoms with E-state index in [1.807, 2.05) is 54.6 Å². The van der Waals surface area contributed by atoms with Gasteiger partial charge in [0.05, 0.1) is 11.6 Å². The van der Waals surface area contributed by atoms with Gasteiger partial charge in [0.25, 0.3) is 0 Å². The van der Waals surface area contributed by atoms with Crippen LogP contribution in [0.4, 0.5) is 0 Å². The summed E-state index contributed by atoms with van der Waals surface area (Å²) in [5.41, 5.74) is 14.3. The fourth-order valence-electron chi connectivity index (χ4n) is 7.69. The first-order chi connectivity index (χ1) is 25.7. The Labute approximate surface area is 300 Å². The van der Waals surface area contributed by atoms with Crippen LogP contribution in [0.1, 0.15) is 5.56 Å². The highest BCUT2D eigenvalue weighted by Gasteiger charge is 2.20. The van der Waals surface area contributed by atoms with Crippen LogP contribution in [0.5, 0.6) is 0 Å². The number of furan rings is 2. The molecule has 0 N–H and O–H groups in total. The smallest absolute Gasteiger partial charge is 0.143 e. The van der Waals surface area contributed by atoms with Crippen molar-refractivity contribution in [2.75, 3.05) is 0 Å². The first-order valence-electron chi connectivity index (χ1n) is 17.4. The van der Waals surface area contributed by atoms with Gasteiger partial charge in [0.15, 0.2) is 0 Å². The van der Waals surface area contributed by atoms with Crippen molar-refractivity contribution in [3.8, 4) is 61.7 Å². The molecule has 0 unspecified atom stereocenters. The van der Waals surface area contributed by atoms with Crippen molar-refractivity contribution >= 4 is 43.9 Å². The van der Waals surface area contributed by atoms with Gasteiger partial charge in [0.2, 0.25) is 0 Å². The summed E-state index contributed by atoms with van der Waals surface area (Å²) in [6.45, 7) is 0. The fourth-order valence-corrected chi connectivity index (χ4v) is 7.69. The van der Waals surface area contributed by atoms with Gasteiger partial charge in [-0.05, 0) is 87.0 Å². The first kappa shape index (κ1) is 29.7. The number of nitriles is 1. The van der Waals surface area contributed by atoms with Gasteiger partial charge in [-0.2, -0.15) is 5.26 Å². The molecule has 0 atom stereocenters. The predicted molar refractivity (Wildman–Crippen MR) is 213 cm³/mol. The van der Waals surface area contributed by atoms with Gasteiger partial charge < -0.3 is 8.83 Å². The van der Waals surface area contributed by atoms with Gasteiger partial charge in [-0.25, -0.2) is 0 Å². The third-order valence-electron chi connectivity index (χ3n) is 10.1. The summed E-state index contributed by atoms with van der Waals surface area (Å²) in [6, 6.07) is 63.2. The topological polar surface area (TPSA) is 50.1 Å². The molecule has 0 amide bonds. The molecule has 3 heteroatoms. The lowest BCUT2D eigenvalue weighted by atomic mass is 9.87. The van der Waals surface area contributed by atoms with Crippen molar-refractivity contribution in [1.82, 2.24) is 0 Å². The second-order valence-electron chi connectivity index (χ2n) is 13.1. The maximum absolute atomic E-state index is 10.1. The molecule has 8 aromatic carbocycles. The molecular formula is C49H29NO2. The minimum absolute atomic E-state index is 0.635. The maximum atomic E-state index is 10.1. The molecule has 10 rings (SSSR count). The first-order valence-corrected chi connectivity index (χ1v) is 17.4. The second kappa shape index (κ2) is 12.0. The third-order valence-corrected chi connectivity index (χ3v) is 10.1. The molecule has 0 saturated heterocycles. The summed E-state index contributed by atoms with van der Waals surface area (Å²) in [6.07, 6.45) is 0. The van der Waals surface area contributed by atoms with E-state index >= 15 is 0 Å². The van der Waals surface area contributed by atoms with Crippen molar-refractivity contribution in [3.63, 3.8) is 0 Å². The molecule has 242 valence electrons.